The zero-order valence-electron chi connectivity index (χ0n) is 11.2. The van der Waals surface area contributed by atoms with Crippen LogP contribution in [-0.2, 0) is 4.79 Å². The third-order valence-electron chi connectivity index (χ3n) is 2.62. The Hall–Kier alpha value is -2.70. The van der Waals surface area contributed by atoms with E-state index >= 15 is 0 Å². The van der Waals surface area contributed by atoms with Crippen molar-refractivity contribution in [3.8, 4) is 34.5 Å². The summed E-state index contributed by atoms with van der Waals surface area (Å²) in [5.74, 6) is 1.93. The minimum absolute atomic E-state index is 0.0509. The zero-order chi connectivity index (χ0) is 14.5. The summed E-state index contributed by atoms with van der Waals surface area (Å²) in [4.78, 5) is 10.3. The first-order chi connectivity index (χ1) is 9.73. The van der Waals surface area contributed by atoms with Gasteiger partial charge in [-0.05, 0) is 5.16 Å². The Balaban J connectivity index is 2.54. The first-order valence-corrected chi connectivity index (χ1v) is 5.61. The Kier molecular flexibility index (Phi) is 4.09. The topological polar surface area (TPSA) is 80.0 Å². The van der Waals surface area contributed by atoms with E-state index in [-0.39, 0.29) is 12.4 Å². The molecule has 0 radical (unpaired) electrons. The molecule has 106 valence electrons. The second-order valence-electron chi connectivity index (χ2n) is 3.65. The molecule has 0 unspecified atom stereocenters. The number of ether oxygens (including phenoxy) is 4. The van der Waals surface area contributed by atoms with Gasteiger partial charge in [-0.15, -0.1) is 0 Å². The highest BCUT2D eigenvalue weighted by Crippen LogP contribution is 2.42. The van der Waals surface area contributed by atoms with Crippen molar-refractivity contribution in [2.24, 2.45) is 0 Å². The van der Waals surface area contributed by atoms with Crippen LogP contribution in [0.5, 0.6) is 23.1 Å². The van der Waals surface area contributed by atoms with Crippen molar-refractivity contribution in [2.45, 2.75) is 0 Å². The molecule has 1 aromatic heterocycles. The van der Waals surface area contributed by atoms with E-state index in [9.17, 15) is 4.79 Å². The summed E-state index contributed by atoms with van der Waals surface area (Å²) in [6.07, 6.45) is 0. The van der Waals surface area contributed by atoms with Gasteiger partial charge in [0, 0.05) is 12.1 Å². The Morgan fingerprint density at radius 3 is 2.20 bits per heavy atom. The van der Waals surface area contributed by atoms with Gasteiger partial charge in [0.15, 0.2) is 5.76 Å². The molecule has 2 rings (SSSR count). The van der Waals surface area contributed by atoms with Gasteiger partial charge in [-0.3, -0.25) is 4.79 Å². The summed E-state index contributed by atoms with van der Waals surface area (Å²) >= 11 is 0. The maximum Gasteiger partial charge on any atom is 0.299 e. The summed E-state index contributed by atoms with van der Waals surface area (Å²) in [5.41, 5.74) is 0.545. The molecule has 0 bridgehead atoms. The van der Waals surface area contributed by atoms with Crippen LogP contribution in [0.25, 0.3) is 11.3 Å². The number of rotatable bonds is 6. The van der Waals surface area contributed by atoms with E-state index in [1.165, 1.54) is 20.3 Å². The molecule has 0 aliphatic heterocycles. The van der Waals surface area contributed by atoms with Crippen LogP contribution in [0.4, 0.5) is 0 Å². The number of carbonyl (C=O) groups excluding carboxylic acids is 1. The van der Waals surface area contributed by atoms with Crippen molar-refractivity contribution in [3.05, 3.63) is 18.2 Å². The molecule has 7 nitrogen and oxygen atoms in total. The van der Waals surface area contributed by atoms with Crippen LogP contribution >= 0.6 is 0 Å². The summed E-state index contributed by atoms with van der Waals surface area (Å²) in [5, 5.41) is 3.60. The largest absolute Gasteiger partial charge is 0.496 e. The maximum atomic E-state index is 10.3. The second kappa shape index (κ2) is 5.96. The van der Waals surface area contributed by atoms with Crippen LogP contribution in [0.15, 0.2) is 22.7 Å². The van der Waals surface area contributed by atoms with Crippen molar-refractivity contribution < 1.29 is 28.3 Å². The predicted octanol–water partition coefficient (Wildman–Crippen LogP) is 1.90. The molecule has 0 spiro atoms. The molecule has 7 heteroatoms. The SMILES string of the molecule is COc1cc(OC)c(-c2cc(OC=O)no2)c(OC)c1. The molecule has 0 N–H and O–H groups in total. The van der Waals surface area contributed by atoms with E-state index in [4.69, 9.17) is 18.7 Å². The third kappa shape index (κ3) is 2.51. The average Bonchev–Trinajstić information content (AvgIpc) is 2.94. The lowest BCUT2D eigenvalue weighted by molar-refractivity contribution is -0.121. The Bertz CT molecular complexity index is 582. The van der Waals surface area contributed by atoms with Crippen molar-refractivity contribution in [1.82, 2.24) is 5.16 Å². The molecule has 1 aromatic carbocycles. The summed E-state index contributed by atoms with van der Waals surface area (Å²) in [6, 6.07) is 4.82. The number of aromatic nitrogens is 1. The molecule has 20 heavy (non-hydrogen) atoms. The fraction of sp³-hybridized carbons (Fsp3) is 0.231. The lowest BCUT2D eigenvalue weighted by atomic mass is 10.1. The Morgan fingerprint density at radius 1 is 1.05 bits per heavy atom. The first-order valence-electron chi connectivity index (χ1n) is 5.61. The first kappa shape index (κ1) is 13.7. The van der Waals surface area contributed by atoms with Crippen LogP contribution in [-0.4, -0.2) is 33.0 Å². The molecular formula is C13H13NO6. The molecular weight excluding hydrogens is 266 g/mol. The molecule has 1 heterocycles. The molecule has 0 aliphatic carbocycles. The van der Waals surface area contributed by atoms with Crippen molar-refractivity contribution in [1.29, 1.82) is 0 Å². The van der Waals surface area contributed by atoms with E-state index in [0.717, 1.165) is 0 Å². The van der Waals surface area contributed by atoms with Crippen molar-refractivity contribution in [3.63, 3.8) is 0 Å². The molecule has 0 amide bonds. The second-order valence-corrected chi connectivity index (χ2v) is 3.65. The van der Waals surface area contributed by atoms with Gasteiger partial charge in [0.25, 0.3) is 12.4 Å². The lowest BCUT2D eigenvalue weighted by Gasteiger charge is -2.12. The number of hydrogen-bond donors (Lipinski definition) is 0. The van der Waals surface area contributed by atoms with E-state index in [1.54, 1.807) is 19.2 Å². The highest BCUT2D eigenvalue weighted by atomic mass is 16.6. The average molecular weight is 279 g/mol. The van der Waals surface area contributed by atoms with E-state index in [0.29, 0.717) is 28.6 Å². The van der Waals surface area contributed by atoms with Crippen LogP contribution in [0.3, 0.4) is 0 Å². The van der Waals surface area contributed by atoms with Crippen LogP contribution in [0.2, 0.25) is 0 Å². The summed E-state index contributed by atoms with van der Waals surface area (Å²) in [7, 11) is 4.56. The quantitative estimate of drug-likeness (QED) is 0.747. The number of hydrogen-bond acceptors (Lipinski definition) is 7. The number of benzene rings is 1. The van der Waals surface area contributed by atoms with Crippen molar-refractivity contribution in [2.75, 3.05) is 21.3 Å². The summed E-state index contributed by atoms with van der Waals surface area (Å²) < 4.78 is 25.5. The van der Waals surface area contributed by atoms with Crippen LogP contribution in [0, 0.1) is 0 Å². The third-order valence-corrected chi connectivity index (χ3v) is 2.62. The van der Waals surface area contributed by atoms with Gasteiger partial charge in [-0.1, -0.05) is 0 Å². The van der Waals surface area contributed by atoms with Gasteiger partial charge in [0.05, 0.1) is 27.4 Å². The smallest absolute Gasteiger partial charge is 0.299 e. The fourth-order valence-corrected chi connectivity index (χ4v) is 1.73. The monoisotopic (exact) mass is 279 g/mol. The molecule has 0 aliphatic rings. The van der Waals surface area contributed by atoms with Gasteiger partial charge in [0.2, 0.25) is 0 Å². The van der Waals surface area contributed by atoms with Crippen LogP contribution < -0.4 is 18.9 Å². The highest BCUT2D eigenvalue weighted by Gasteiger charge is 2.20. The van der Waals surface area contributed by atoms with Gasteiger partial charge < -0.3 is 23.5 Å². The molecule has 0 fully saturated rings. The zero-order valence-corrected chi connectivity index (χ0v) is 11.2. The Labute approximate surface area is 115 Å². The van der Waals surface area contributed by atoms with Gasteiger partial charge in [0.1, 0.15) is 22.8 Å². The molecule has 0 saturated heterocycles. The standard InChI is InChI=1S/C13H13NO6/c1-16-8-4-9(17-2)13(10(5-8)18-3)11-6-12(14-20-11)19-7-15/h4-7H,1-3H3. The molecule has 2 aromatic rings. The molecule has 0 atom stereocenters. The Morgan fingerprint density at radius 2 is 1.70 bits per heavy atom. The van der Waals surface area contributed by atoms with Crippen LogP contribution in [0.1, 0.15) is 0 Å². The van der Waals surface area contributed by atoms with Crippen molar-refractivity contribution >= 4 is 6.47 Å². The summed E-state index contributed by atoms with van der Waals surface area (Å²) in [6.45, 7) is 0.268. The number of nitrogens with zero attached hydrogens (tertiary/aromatic N) is 1. The maximum absolute atomic E-state index is 10.3. The van der Waals surface area contributed by atoms with Gasteiger partial charge >= 0.3 is 0 Å². The van der Waals surface area contributed by atoms with Gasteiger partial charge in [-0.25, -0.2) is 0 Å². The predicted molar refractivity (Wildman–Crippen MR) is 68.3 cm³/mol. The van der Waals surface area contributed by atoms with E-state index in [1.807, 2.05) is 0 Å². The number of carbonyl (C=O) groups is 1. The van der Waals surface area contributed by atoms with E-state index in [2.05, 4.69) is 9.89 Å². The highest BCUT2D eigenvalue weighted by molar-refractivity contribution is 5.75. The lowest BCUT2D eigenvalue weighted by Crippen LogP contribution is -1.94. The normalized spacial score (nSPS) is 9.95. The molecule has 0 saturated carbocycles. The number of methoxy groups -OCH3 is 3. The van der Waals surface area contributed by atoms with E-state index < -0.39 is 0 Å². The fourth-order valence-electron chi connectivity index (χ4n) is 1.73. The minimum Gasteiger partial charge on any atom is -0.496 e. The minimum atomic E-state index is 0.0509. The van der Waals surface area contributed by atoms with Gasteiger partial charge in [-0.2, -0.15) is 0 Å².